The fourth-order valence-corrected chi connectivity index (χ4v) is 5.05. The average Bonchev–Trinajstić information content (AvgIpc) is 3.27. The Balaban J connectivity index is 1.52. The van der Waals surface area contributed by atoms with Gasteiger partial charge in [0.25, 0.3) is 0 Å². The first kappa shape index (κ1) is 29.2. The van der Waals surface area contributed by atoms with Crippen molar-refractivity contribution in [2.24, 2.45) is 0 Å². The van der Waals surface area contributed by atoms with E-state index in [1.54, 1.807) is 23.1 Å². The predicted molar refractivity (Wildman–Crippen MR) is 138 cm³/mol. The number of nitrogens with zero attached hydrogens (tertiary/aromatic N) is 3. The number of hydrogen-bond donors (Lipinski definition) is 2. The Hall–Kier alpha value is -3.79. The van der Waals surface area contributed by atoms with Gasteiger partial charge in [0, 0.05) is 43.9 Å². The molecule has 2 aromatic carbocycles. The predicted octanol–water partition coefficient (Wildman–Crippen LogP) is 4.05. The van der Waals surface area contributed by atoms with E-state index in [2.05, 4.69) is 0 Å². The van der Waals surface area contributed by atoms with Crippen LogP contribution in [0, 0.1) is 11.3 Å². The van der Waals surface area contributed by atoms with Crippen molar-refractivity contribution in [2.75, 3.05) is 33.9 Å². The lowest BCUT2D eigenvalue weighted by atomic mass is 9.90. The van der Waals surface area contributed by atoms with Crippen LogP contribution >= 0.6 is 0 Å². The summed E-state index contributed by atoms with van der Waals surface area (Å²) in [4.78, 5) is 12.5. The van der Waals surface area contributed by atoms with E-state index in [4.69, 9.17) is 19.3 Å². The molecule has 0 aliphatic carbocycles. The first-order valence-corrected chi connectivity index (χ1v) is 12.6. The summed E-state index contributed by atoms with van der Waals surface area (Å²) in [5.74, 6) is -0.179. The number of rotatable bonds is 10. The van der Waals surface area contributed by atoms with Crippen LogP contribution in [0.3, 0.4) is 0 Å². The third kappa shape index (κ3) is 6.01. The molecular weight excluding hydrogens is 531 g/mol. The number of alkyl halides is 3. The van der Waals surface area contributed by atoms with Gasteiger partial charge in [-0.1, -0.05) is 12.1 Å². The minimum atomic E-state index is -4.98. The van der Waals surface area contributed by atoms with Crippen LogP contribution in [-0.4, -0.2) is 71.8 Å². The molecule has 0 amide bonds. The smallest absolute Gasteiger partial charge is 0.422 e. The van der Waals surface area contributed by atoms with E-state index < -0.39 is 24.3 Å². The summed E-state index contributed by atoms with van der Waals surface area (Å²) in [7, 11) is 2.85. The highest BCUT2D eigenvalue weighted by molar-refractivity contribution is 5.86. The number of hydrogen-bond acceptors (Lipinski definition) is 7. The maximum atomic E-state index is 14.5. The Morgan fingerprint density at radius 1 is 1.12 bits per heavy atom. The zero-order valence-corrected chi connectivity index (χ0v) is 22.1. The van der Waals surface area contributed by atoms with Gasteiger partial charge in [-0.05, 0) is 42.7 Å². The number of piperidine rings is 1. The third-order valence-corrected chi connectivity index (χ3v) is 7.06. The summed E-state index contributed by atoms with van der Waals surface area (Å²) in [5, 5.41) is 29.7. The molecule has 1 aliphatic heterocycles. The van der Waals surface area contributed by atoms with Crippen LogP contribution in [0.2, 0.25) is 0 Å². The molecule has 9 nitrogen and oxygen atoms in total. The van der Waals surface area contributed by atoms with Crippen molar-refractivity contribution in [3.63, 3.8) is 0 Å². The molecule has 1 unspecified atom stereocenters. The fraction of sp³-hybridized carbons (Fsp3) is 0.429. The number of aliphatic carboxylic acids is 1. The summed E-state index contributed by atoms with van der Waals surface area (Å²) in [6.07, 6.45) is -3.40. The minimum Gasteiger partial charge on any atom is -0.493 e. The van der Waals surface area contributed by atoms with Gasteiger partial charge in [0.15, 0.2) is 11.5 Å². The standard InChI is InChI=1S/C28H30F3N3O6/c1-38-17-34-15-22(21-5-3-19(14-32)11-23(21)34)27(37,28(29,30)31)16-33-9-7-20(8-10-33)40-24-6-4-18(13-26(35)36)12-25(24)39-2/h3-6,11-12,15,20,37H,7-10,13,16-17H2,1-2H3,(H,35,36). The van der Waals surface area contributed by atoms with E-state index in [9.17, 15) is 28.3 Å². The largest absolute Gasteiger partial charge is 0.493 e. The number of fused-ring (bicyclic) bond motifs is 1. The summed E-state index contributed by atoms with van der Waals surface area (Å²) in [6.45, 7) is -0.235. The molecule has 1 atom stereocenters. The van der Waals surface area contributed by atoms with Crippen LogP contribution in [0.1, 0.15) is 29.5 Å². The van der Waals surface area contributed by atoms with Gasteiger partial charge in [-0.15, -0.1) is 0 Å². The number of halogens is 3. The second-order valence-electron chi connectivity index (χ2n) is 9.78. The van der Waals surface area contributed by atoms with Gasteiger partial charge in [-0.2, -0.15) is 18.4 Å². The minimum absolute atomic E-state index is 0.0528. The lowest BCUT2D eigenvalue weighted by Crippen LogP contribution is -2.53. The number of carboxylic acids is 1. The van der Waals surface area contributed by atoms with E-state index in [1.165, 1.54) is 43.2 Å². The Labute approximate surface area is 228 Å². The monoisotopic (exact) mass is 561 g/mol. The molecule has 1 aliphatic rings. The van der Waals surface area contributed by atoms with Gasteiger partial charge in [-0.3, -0.25) is 9.69 Å². The molecule has 2 N–H and O–H groups in total. The van der Waals surface area contributed by atoms with Crippen LogP contribution in [0.25, 0.3) is 10.9 Å². The van der Waals surface area contributed by atoms with Crippen LogP contribution in [0.5, 0.6) is 11.5 Å². The molecule has 4 rings (SSSR count). The highest BCUT2D eigenvalue weighted by Crippen LogP contribution is 2.44. The van der Waals surface area contributed by atoms with Crippen molar-refractivity contribution in [1.29, 1.82) is 5.26 Å². The summed E-state index contributed by atoms with van der Waals surface area (Å²) in [5.41, 5.74) is -2.29. The second-order valence-corrected chi connectivity index (χ2v) is 9.78. The Bertz CT molecular complexity index is 1410. The molecular formula is C28H30F3N3O6. The van der Waals surface area contributed by atoms with E-state index in [0.717, 1.165) is 0 Å². The van der Waals surface area contributed by atoms with Gasteiger partial charge in [-0.25, -0.2) is 0 Å². The van der Waals surface area contributed by atoms with Gasteiger partial charge >= 0.3 is 12.1 Å². The molecule has 40 heavy (non-hydrogen) atoms. The van der Waals surface area contributed by atoms with Gasteiger partial charge < -0.3 is 29.0 Å². The van der Waals surface area contributed by atoms with Crippen molar-refractivity contribution >= 4 is 16.9 Å². The molecule has 1 saturated heterocycles. The third-order valence-electron chi connectivity index (χ3n) is 7.06. The number of carbonyl (C=O) groups is 1. The van der Waals surface area contributed by atoms with E-state index in [-0.39, 0.29) is 48.9 Å². The first-order valence-electron chi connectivity index (χ1n) is 12.6. The summed E-state index contributed by atoms with van der Waals surface area (Å²) >= 11 is 0. The molecule has 2 heterocycles. The summed E-state index contributed by atoms with van der Waals surface area (Å²) < 4.78 is 61.5. The molecule has 1 fully saturated rings. The Morgan fingerprint density at radius 3 is 2.45 bits per heavy atom. The van der Waals surface area contributed by atoms with Crippen molar-refractivity contribution in [3.05, 3.63) is 59.3 Å². The van der Waals surface area contributed by atoms with E-state index in [1.807, 2.05) is 6.07 Å². The first-order chi connectivity index (χ1) is 19.0. The maximum Gasteiger partial charge on any atom is 0.422 e. The van der Waals surface area contributed by atoms with Gasteiger partial charge in [0.2, 0.25) is 5.60 Å². The molecule has 1 aromatic heterocycles. The number of benzene rings is 2. The molecule has 12 heteroatoms. The lowest BCUT2D eigenvalue weighted by molar-refractivity contribution is -0.272. The molecule has 0 spiro atoms. The number of ether oxygens (including phenoxy) is 3. The quantitative estimate of drug-likeness (QED) is 0.381. The highest BCUT2D eigenvalue weighted by atomic mass is 19.4. The number of aliphatic hydroxyl groups is 1. The van der Waals surface area contributed by atoms with Gasteiger partial charge in [0.05, 0.1) is 30.7 Å². The molecule has 214 valence electrons. The summed E-state index contributed by atoms with van der Waals surface area (Å²) in [6, 6.07) is 11.1. The number of β-amino-alcohol motifs (C(OH)–C–C–N with tert-alkyl or cyclic N) is 1. The zero-order valence-electron chi connectivity index (χ0n) is 22.1. The topological polar surface area (TPSA) is 117 Å². The highest BCUT2D eigenvalue weighted by Gasteiger charge is 2.57. The number of carboxylic acid groups (broad SMARTS) is 1. The van der Waals surface area contributed by atoms with Crippen molar-refractivity contribution in [1.82, 2.24) is 9.47 Å². The van der Waals surface area contributed by atoms with E-state index in [0.29, 0.717) is 35.4 Å². The van der Waals surface area contributed by atoms with Crippen molar-refractivity contribution < 1.29 is 42.4 Å². The molecule has 0 saturated carbocycles. The SMILES string of the molecule is COCn1cc(C(O)(CN2CCC(Oc3ccc(CC(=O)O)cc3OC)CC2)C(F)(F)F)c2ccc(C#N)cc21. The number of methoxy groups -OCH3 is 2. The van der Waals surface area contributed by atoms with Crippen LogP contribution in [-0.2, 0) is 28.3 Å². The normalized spacial score (nSPS) is 16.4. The van der Waals surface area contributed by atoms with Crippen LogP contribution in [0.15, 0.2) is 42.6 Å². The fourth-order valence-electron chi connectivity index (χ4n) is 5.05. The lowest BCUT2D eigenvalue weighted by Gasteiger charge is -2.39. The molecule has 0 bridgehead atoms. The average molecular weight is 562 g/mol. The zero-order chi connectivity index (χ0) is 29.1. The van der Waals surface area contributed by atoms with Crippen LogP contribution in [0.4, 0.5) is 13.2 Å². The van der Waals surface area contributed by atoms with Crippen LogP contribution < -0.4 is 9.47 Å². The van der Waals surface area contributed by atoms with Gasteiger partial charge in [0.1, 0.15) is 12.8 Å². The molecule has 3 aromatic rings. The number of nitriles is 1. The van der Waals surface area contributed by atoms with Crippen molar-refractivity contribution in [2.45, 2.75) is 43.9 Å². The molecule has 0 radical (unpaired) electrons. The number of likely N-dealkylation sites (tertiary alicyclic amines) is 1. The number of aromatic nitrogens is 1. The Kier molecular flexibility index (Phi) is 8.58. The second kappa shape index (κ2) is 11.8. The van der Waals surface area contributed by atoms with Crippen molar-refractivity contribution in [3.8, 4) is 17.6 Å². The Morgan fingerprint density at radius 2 is 1.85 bits per heavy atom. The van der Waals surface area contributed by atoms with E-state index >= 15 is 0 Å². The maximum absolute atomic E-state index is 14.5.